The van der Waals surface area contributed by atoms with Crippen molar-refractivity contribution in [1.29, 1.82) is 0 Å². The lowest BCUT2D eigenvalue weighted by Gasteiger charge is -2.07. The minimum atomic E-state index is -0.478. The molecule has 0 atom stereocenters. The molecule has 0 bridgehead atoms. The number of rotatable bonds is 4. The molecule has 90 valence electrons. The Morgan fingerprint density at radius 1 is 1.00 bits per heavy atom. The van der Waals surface area contributed by atoms with E-state index in [2.05, 4.69) is 0 Å². The highest BCUT2D eigenvalue weighted by Crippen LogP contribution is 2.14. The largest absolute Gasteiger partial charge is 0.490 e. The van der Waals surface area contributed by atoms with Crippen molar-refractivity contribution in [2.45, 2.75) is 6.42 Å². The molecule has 0 spiro atoms. The van der Waals surface area contributed by atoms with E-state index >= 15 is 0 Å². The van der Waals surface area contributed by atoms with Gasteiger partial charge in [0, 0.05) is 6.42 Å². The Kier molecular flexibility index (Phi) is 3.97. The molecule has 0 saturated carbocycles. The summed E-state index contributed by atoms with van der Waals surface area (Å²) < 4.78 is 31.3. The molecule has 2 aromatic rings. The third-order valence-electron chi connectivity index (χ3n) is 2.52. The van der Waals surface area contributed by atoms with Gasteiger partial charge in [0.1, 0.15) is 13.7 Å². The van der Waals surface area contributed by atoms with E-state index in [-0.39, 0.29) is 11.6 Å². The van der Waals surface area contributed by atoms with E-state index in [1.54, 1.807) is 18.2 Å². The number of benzene rings is 2. The fourth-order valence-corrected chi connectivity index (χ4v) is 1.56. The van der Waals surface area contributed by atoms with Crippen molar-refractivity contribution >= 4 is 13.3 Å². The quantitative estimate of drug-likeness (QED) is 0.750. The van der Waals surface area contributed by atoms with Gasteiger partial charge in [-0.2, -0.15) is 0 Å². The Balaban J connectivity index is 1.90. The van der Waals surface area contributed by atoms with Gasteiger partial charge in [0.2, 0.25) is 0 Å². The zero-order chi connectivity index (χ0) is 13.0. The van der Waals surface area contributed by atoms with Gasteiger partial charge in [-0.05, 0) is 29.8 Å². The van der Waals surface area contributed by atoms with Crippen molar-refractivity contribution < 1.29 is 13.5 Å². The molecular weight excluding hydrogens is 233 g/mol. The van der Waals surface area contributed by atoms with Gasteiger partial charge in [0.25, 0.3) is 0 Å². The summed E-state index contributed by atoms with van der Waals surface area (Å²) >= 11 is 0. The molecule has 2 rings (SSSR count). The number of hydrogen-bond donors (Lipinski definition) is 0. The average Bonchev–Trinajstić information content (AvgIpc) is 2.34. The smallest absolute Gasteiger partial charge is 0.164 e. The van der Waals surface area contributed by atoms with E-state index in [4.69, 9.17) is 12.6 Å². The van der Waals surface area contributed by atoms with Crippen LogP contribution in [0.15, 0.2) is 42.5 Å². The van der Waals surface area contributed by atoms with E-state index in [0.717, 1.165) is 5.56 Å². The molecule has 0 amide bonds. The summed E-state index contributed by atoms with van der Waals surface area (Å²) in [5.74, 6) is -0.579. The Hall–Kier alpha value is -1.84. The molecule has 0 aliphatic heterocycles. The van der Waals surface area contributed by atoms with Gasteiger partial charge in [0.15, 0.2) is 11.6 Å². The number of ether oxygens (including phenoxy) is 1. The van der Waals surface area contributed by atoms with Crippen molar-refractivity contribution in [1.82, 2.24) is 0 Å². The van der Waals surface area contributed by atoms with Crippen LogP contribution in [0.4, 0.5) is 8.78 Å². The maximum Gasteiger partial charge on any atom is 0.164 e. The Morgan fingerprint density at radius 2 is 1.72 bits per heavy atom. The second kappa shape index (κ2) is 5.67. The van der Waals surface area contributed by atoms with Crippen LogP contribution in [0.5, 0.6) is 5.75 Å². The topological polar surface area (TPSA) is 9.23 Å². The molecule has 4 heteroatoms. The number of halogens is 2. The van der Waals surface area contributed by atoms with Crippen molar-refractivity contribution in [3.8, 4) is 5.75 Å². The third-order valence-corrected chi connectivity index (χ3v) is 2.52. The first kappa shape index (κ1) is 12.6. The molecule has 18 heavy (non-hydrogen) atoms. The van der Waals surface area contributed by atoms with E-state index < -0.39 is 5.82 Å². The SMILES string of the molecule is [B]c1ccc(OCCc2ccc(F)cc2)c(F)c1. The molecule has 1 nitrogen and oxygen atoms in total. The fraction of sp³-hybridized carbons (Fsp3) is 0.143. The molecular formula is C14H11BF2O. The summed E-state index contributed by atoms with van der Waals surface area (Å²) in [5.41, 5.74) is 1.30. The van der Waals surface area contributed by atoms with Crippen molar-refractivity contribution in [2.24, 2.45) is 0 Å². The van der Waals surface area contributed by atoms with Crippen LogP contribution in [0.25, 0.3) is 0 Å². The van der Waals surface area contributed by atoms with Crippen LogP contribution in [-0.4, -0.2) is 14.5 Å². The monoisotopic (exact) mass is 244 g/mol. The molecule has 2 radical (unpaired) electrons. The summed E-state index contributed by atoms with van der Waals surface area (Å²) in [6, 6.07) is 10.4. The Bertz CT molecular complexity index is 526. The maximum absolute atomic E-state index is 13.4. The van der Waals surface area contributed by atoms with E-state index in [1.165, 1.54) is 24.3 Å². The number of hydrogen-bond acceptors (Lipinski definition) is 1. The Labute approximate surface area is 106 Å². The summed E-state index contributed by atoms with van der Waals surface area (Å²) in [6.45, 7) is 0.326. The molecule has 0 aliphatic carbocycles. The van der Waals surface area contributed by atoms with Crippen molar-refractivity contribution in [3.05, 3.63) is 59.7 Å². The maximum atomic E-state index is 13.4. The van der Waals surface area contributed by atoms with Gasteiger partial charge < -0.3 is 4.74 Å². The summed E-state index contributed by atoms with van der Waals surface area (Å²) in [5, 5.41) is 0. The van der Waals surface area contributed by atoms with E-state index in [0.29, 0.717) is 18.5 Å². The van der Waals surface area contributed by atoms with Crippen LogP contribution in [-0.2, 0) is 6.42 Å². The molecule has 0 unspecified atom stereocenters. The zero-order valence-electron chi connectivity index (χ0n) is 9.70. The molecule has 0 saturated heterocycles. The van der Waals surface area contributed by atoms with Gasteiger partial charge in [-0.25, -0.2) is 8.78 Å². The van der Waals surface area contributed by atoms with Gasteiger partial charge in [0.05, 0.1) is 6.61 Å². The van der Waals surface area contributed by atoms with Crippen LogP contribution < -0.4 is 10.2 Å². The zero-order valence-corrected chi connectivity index (χ0v) is 9.70. The molecule has 0 fully saturated rings. The highest BCUT2D eigenvalue weighted by molar-refractivity contribution is 6.32. The normalized spacial score (nSPS) is 10.3. The second-order valence-electron chi connectivity index (χ2n) is 3.91. The minimum absolute atomic E-state index is 0.173. The first-order chi connectivity index (χ1) is 8.65. The Morgan fingerprint density at radius 3 is 2.39 bits per heavy atom. The van der Waals surface area contributed by atoms with Gasteiger partial charge in [-0.15, -0.1) is 0 Å². The lowest BCUT2D eigenvalue weighted by Crippen LogP contribution is -2.07. The highest BCUT2D eigenvalue weighted by Gasteiger charge is 2.03. The van der Waals surface area contributed by atoms with E-state index in [9.17, 15) is 8.78 Å². The van der Waals surface area contributed by atoms with Crippen LogP contribution in [0.1, 0.15) is 5.56 Å². The van der Waals surface area contributed by atoms with Crippen molar-refractivity contribution in [2.75, 3.05) is 6.61 Å². The van der Waals surface area contributed by atoms with Gasteiger partial charge in [-0.3, -0.25) is 0 Å². The third kappa shape index (κ3) is 3.33. The lowest BCUT2D eigenvalue weighted by molar-refractivity contribution is 0.305. The van der Waals surface area contributed by atoms with Crippen LogP contribution in [0.3, 0.4) is 0 Å². The highest BCUT2D eigenvalue weighted by atomic mass is 19.1. The average molecular weight is 244 g/mol. The summed E-state index contributed by atoms with van der Waals surface area (Å²) in [4.78, 5) is 0. The van der Waals surface area contributed by atoms with Crippen LogP contribution >= 0.6 is 0 Å². The van der Waals surface area contributed by atoms with Gasteiger partial charge in [-0.1, -0.05) is 23.7 Å². The first-order valence-corrected chi connectivity index (χ1v) is 5.57. The molecule has 0 N–H and O–H groups in total. The minimum Gasteiger partial charge on any atom is -0.490 e. The van der Waals surface area contributed by atoms with Gasteiger partial charge >= 0.3 is 0 Å². The summed E-state index contributed by atoms with van der Waals surface area (Å²) in [7, 11) is 5.43. The van der Waals surface area contributed by atoms with Crippen molar-refractivity contribution in [3.63, 3.8) is 0 Å². The summed E-state index contributed by atoms with van der Waals surface area (Å²) in [6.07, 6.45) is 0.587. The standard InChI is InChI=1S/C14H11BF2O/c15-11-3-6-14(13(17)9-11)18-8-7-10-1-4-12(16)5-2-10/h1-6,9H,7-8H2. The molecule has 0 aromatic heterocycles. The van der Waals surface area contributed by atoms with E-state index in [1.807, 2.05) is 0 Å². The predicted octanol–water partition coefficient (Wildman–Crippen LogP) is 2.38. The van der Waals surface area contributed by atoms with Crippen LogP contribution in [0.2, 0.25) is 0 Å². The predicted molar refractivity (Wildman–Crippen MR) is 67.4 cm³/mol. The fourth-order valence-electron chi connectivity index (χ4n) is 1.56. The molecule has 0 aliphatic rings. The lowest BCUT2D eigenvalue weighted by atomic mass is 9.96. The second-order valence-corrected chi connectivity index (χ2v) is 3.91. The van der Waals surface area contributed by atoms with Crippen LogP contribution in [0, 0.1) is 11.6 Å². The molecule has 0 heterocycles. The molecule has 2 aromatic carbocycles. The first-order valence-electron chi connectivity index (χ1n) is 5.57.